The van der Waals surface area contributed by atoms with Gasteiger partial charge in [-0.3, -0.25) is 0 Å². The Morgan fingerprint density at radius 3 is 2.68 bits per heavy atom. The molecule has 150 valence electrons. The molecule has 1 atom stereocenters. The molecule has 1 aliphatic rings. The quantitative estimate of drug-likeness (QED) is 0.766. The van der Waals surface area contributed by atoms with Gasteiger partial charge in [0.05, 0.1) is 12.6 Å². The lowest BCUT2D eigenvalue weighted by molar-refractivity contribution is 0.156. The lowest BCUT2D eigenvalue weighted by Gasteiger charge is -2.43. The van der Waals surface area contributed by atoms with E-state index in [1.807, 2.05) is 42.2 Å². The van der Waals surface area contributed by atoms with Crippen molar-refractivity contribution in [2.24, 2.45) is 5.92 Å². The van der Waals surface area contributed by atoms with Crippen molar-refractivity contribution in [3.8, 4) is 5.75 Å². The molecule has 28 heavy (non-hydrogen) atoms. The average molecular weight is 404 g/mol. The number of aromatic nitrogens is 2. The Labute approximate surface area is 170 Å². The summed E-state index contributed by atoms with van der Waals surface area (Å²) in [6, 6.07) is 9.23. The van der Waals surface area contributed by atoms with Gasteiger partial charge in [0.2, 0.25) is 5.28 Å². The third-order valence-electron chi connectivity index (χ3n) is 4.80. The summed E-state index contributed by atoms with van der Waals surface area (Å²) in [5.41, 5.74) is 0.751. The molecule has 2 heterocycles. The van der Waals surface area contributed by atoms with Gasteiger partial charge < -0.3 is 19.9 Å². The first kappa shape index (κ1) is 20.2. The number of anilines is 2. The van der Waals surface area contributed by atoms with Gasteiger partial charge in [0.25, 0.3) is 0 Å². The maximum Gasteiger partial charge on any atom is 0.322 e. The van der Waals surface area contributed by atoms with Crippen molar-refractivity contribution >= 4 is 29.1 Å². The van der Waals surface area contributed by atoms with E-state index in [9.17, 15) is 4.79 Å². The van der Waals surface area contributed by atoms with Crippen LogP contribution in [0.1, 0.15) is 20.8 Å². The zero-order valence-corrected chi connectivity index (χ0v) is 17.2. The van der Waals surface area contributed by atoms with E-state index in [0.29, 0.717) is 32.2 Å². The lowest BCUT2D eigenvalue weighted by Crippen LogP contribution is -2.58. The Bertz CT molecular complexity index is 799. The van der Waals surface area contributed by atoms with E-state index in [4.69, 9.17) is 16.3 Å². The second-order valence-electron chi connectivity index (χ2n) is 7.02. The van der Waals surface area contributed by atoms with Crippen LogP contribution in [0.5, 0.6) is 5.75 Å². The molecule has 1 unspecified atom stereocenters. The first-order chi connectivity index (χ1) is 13.5. The second kappa shape index (κ2) is 9.10. The molecular weight excluding hydrogens is 378 g/mol. The number of halogens is 1. The number of carbonyl (C=O) groups excluding carboxylic acids is 1. The van der Waals surface area contributed by atoms with Crippen molar-refractivity contribution in [1.29, 1.82) is 0 Å². The summed E-state index contributed by atoms with van der Waals surface area (Å²) in [6.45, 7) is 8.79. The molecule has 1 fully saturated rings. The Kier molecular flexibility index (Phi) is 6.57. The first-order valence-electron chi connectivity index (χ1n) is 9.52. The number of amides is 2. The van der Waals surface area contributed by atoms with Crippen LogP contribution in [0.4, 0.5) is 16.3 Å². The van der Waals surface area contributed by atoms with Gasteiger partial charge in [0.15, 0.2) is 0 Å². The van der Waals surface area contributed by atoms with Gasteiger partial charge in [0, 0.05) is 31.5 Å². The van der Waals surface area contributed by atoms with Gasteiger partial charge in [-0.1, -0.05) is 13.8 Å². The van der Waals surface area contributed by atoms with Crippen LogP contribution in [-0.4, -0.2) is 53.2 Å². The van der Waals surface area contributed by atoms with Crippen LogP contribution in [0.3, 0.4) is 0 Å². The molecule has 1 saturated heterocycles. The predicted octanol–water partition coefficient (Wildman–Crippen LogP) is 3.91. The molecule has 3 rings (SSSR count). The van der Waals surface area contributed by atoms with Crippen LogP contribution in [-0.2, 0) is 0 Å². The Balaban J connectivity index is 1.68. The number of urea groups is 1. The summed E-state index contributed by atoms with van der Waals surface area (Å²) >= 11 is 5.93. The number of hydrogen-bond donors (Lipinski definition) is 1. The Morgan fingerprint density at radius 1 is 1.29 bits per heavy atom. The normalized spacial score (nSPS) is 17.0. The number of benzene rings is 1. The van der Waals surface area contributed by atoms with Gasteiger partial charge >= 0.3 is 6.03 Å². The second-order valence-corrected chi connectivity index (χ2v) is 7.36. The SMILES string of the molecule is CCOc1ccc(NC(=O)N2CCN(c3ccnc(Cl)n3)CC2C(C)C)cc1. The standard InChI is InChI=1S/C20H26ClN5O2/c1-4-28-16-7-5-15(6-8-16)23-20(27)26-12-11-25(13-17(26)14(2)3)18-9-10-22-19(21)24-18/h5-10,14,17H,4,11-13H2,1-3H3,(H,23,27). The monoisotopic (exact) mass is 403 g/mol. The zero-order valence-electron chi connectivity index (χ0n) is 16.4. The van der Waals surface area contributed by atoms with Gasteiger partial charge in [-0.2, -0.15) is 0 Å². The minimum atomic E-state index is -0.0942. The minimum Gasteiger partial charge on any atom is -0.494 e. The van der Waals surface area contributed by atoms with Crippen LogP contribution in [0, 0.1) is 5.92 Å². The molecule has 1 aliphatic heterocycles. The molecule has 0 radical (unpaired) electrons. The highest BCUT2D eigenvalue weighted by Gasteiger charge is 2.33. The van der Waals surface area contributed by atoms with Crippen molar-refractivity contribution in [2.75, 3.05) is 36.5 Å². The molecule has 0 bridgehead atoms. The molecular formula is C20H26ClN5O2. The number of piperazine rings is 1. The molecule has 1 N–H and O–H groups in total. The minimum absolute atomic E-state index is 0.0604. The third-order valence-corrected chi connectivity index (χ3v) is 4.98. The van der Waals surface area contributed by atoms with Crippen LogP contribution >= 0.6 is 11.6 Å². The van der Waals surface area contributed by atoms with Gasteiger partial charge in [-0.05, 0) is 54.8 Å². The molecule has 2 amide bonds. The molecule has 1 aromatic heterocycles. The molecule has 2 aromatic rings. The smallest absolute Gasteiger partial charge is 0.322 e. The van der Waals surface area contributed by atoms with E-state index in [0.717, 1.165) is 17.3 Å². The highest BCUT2D eigenvalue weighted by molar-refractivity contribution is 6.28. The molecule has 7 nitrogen and oxygen atoms in total. The third kappa shape index (κ3) is 4.84. The summed E-state index contributed by atoms with van der Waals surface area (Å²) in [5.74, 6) is 1.88. The van der Waals surface area contributed by atoms with E-state index >= 15 is 0 Å². The van der Waals surface area contributed by atoms with Crippen LogP contribution in [0.25, 0.3) is 0 Å². The van der Waals surface area contributed by atoms with Gasteiger partial charge in [-0.15, -0.1) is 0 Å². The summed E-state index contributed by atoms with van der Waals surface area (Å²) in [4.78, 5) is 25.2. The summed E-state index contributed by atoms with van der Waals surface area (Å²) in [6.07, 6.45) is 1.65. The Morgan fingerprint density at radius 2 is 2.04 bits per heavy atom. The topological polar surface area (TPSA) is 70.6 Å². The van der Waals surface area contributed by atoms with E-state index in [1.54, 1.807) is 6.20 Å². The van der Waals surface area contributed by atoms with Crippen LogP contribution < -0.4 is 15.0 Å². The Hall–Kier alpha value is -2.54. The van der Waals surface area contributed by atoms with Gasteiger partial charge in [-0.25, -0.2) is 14.8 Å². The predicted molar refractivity (Wildman–Crippen MR) is 111 cm³/mol. The highest BCUT2D eigenvalue weighted by Crippen LogP contribution is 2.23. The molecule has 8 heteroatoms. The molecule has 1 aromatic carbocycles. The number of rotatable bonds is 5. The van der Waals surface area contributed by atoms with Crippen molar-refractivity contribution < 1.29 is 9.53 Å². The molecule has 0 saturated carbocycles. The largest absolute Gasteiger partial charge is 0.494 e. The van der Waals surface area contributed by atoms with Crippen LogP contribution in [0.15, 0.2) is 36.5 Å². The number of hydrogen-bond acceptors (Lipinski definition) is 5. The fourth-order valence-corrected chi connectivity index (χ4v) is 3.48. The van der Waals surface area contributed by atoms with E-state index < -0.39 is 0 Å². The van der Waals surface area contributed by atoms with E-state index in [1.165, 1.54) is 0 Å². The molecule has 0 aliphatic carbocycles. The number of carbonyl (C=O) groups is 1. The lowest BCUT2D eigenvalue weighted by atomic mass is 10.00. The number of nitrogens with one attached hydrogen (secondary N) is 1. The molecule has 0 spiro atoms. The van der Waals surface area contributed by atoms with Crippen LogP contribution in [0.2, 0.25) is 5.28 Å². The van der Waals surface area contributed by atoms with Crippen molar-refractivity contribution in [3.05, 3.63) is 41.8 Å². The summed E-state index contributed by atoms with van der Waals surface area (Å²) in [5, 5.41) is 3.23. The fraction of sp³-hybridized carbons (Fsp3) is 0.450. The number of ether oxygens (including phenoxy) is 1. The average Bonchev–Trinajstić information content (AvgIpc) is 2.69. The zero-order chi connectivity index (χ0) is 20.1. The summed E-state index contributed by atoms with van der Waals surface area (Å²) < 4.78 is 5.44. The maximum absolute atomic E-state index is 12.9. The van der Waals surface area contributed by atoms with Crippen molar-refractivity contribution in [1.82, 2.24) is 14.9 Å². The number of nitrogens with zero attached hydrogens (tertiary/aromatic N) is 4. The fourth-order valence-electron chi connectivity index (χ4n) is 3.34. The first-order valence-corrected chi connectivity index (χ1v) is 9.89. The maximum atomic E-state index is 12.9. The van der Waals surface area contributed by atoms with E-state index in [-0.39, 0.29) is 17.4 Å². The highest BCUT2D eigenvalue weighted by atomic mass is 35.5. The van der Waals surface area contributed by atoms with Crippen molar-refractivity contribution in [3.63, 3.8) is 0 Å². The van der Waals surface area contributed by atoms with Gasteiger partial charge in [0.1, 0.15) is 11.6 Å². The van der Waals surface area contributed by atoms with E-state index in [2.05, 4.69) is 34.0 Å². The summed E-state index contributed by atoms with van der Waals surface area (Å²) in [7, 11) is 0. The van der Waals surface area contributed by atoms with Crippen molar-refractivity contribution in [2.45, 2.75) is 26.8 Å².